The summed E-state index contributed by atoms with van der Waals surface area (Å²) in [6.07, 6.45) is 5.40. The highest BCUT2D eigenvalue weighted by atomic mass is 16.5. The zero-order valence-corrected chi connectivity index (χ0v) is 16.0. The molecular formula is C21H18N6O2. The quantitative estimate of drug-likeness (QED) is 0.565. The predicted molar refractivity (Wildman–Crippen MR) is 110 cm³/mol. The van der Waals surface area contributed by atoms with Gasteiger partial charge in [-0.15, -0.1) is 5.10 Å². The van der Waals surface area contributed by atoms with Crippen LogP contribution in [0.1, 0.15) is 11.1 Å². The summed E-state index contributed by atoms with van der Waals surface area (Å²) in [6.45, 7) is 0.698. The summed E-state index contributed by atoms with van der Waals surface area (Å²) in [6, 6.07) is 11.7. The lowest BCUT2D eigenvalue weighted by Gasteiger charge is -2.08. The largest absolute Gasteiger partial charge is 0.497 e. The number of nitrogens with zero attached hydrogens (tertiary/aromatic N) is 5. The third kappa shape index (κ3) is 3.04. The summed E-state index contributed by atoms with van der Waals surface area (Å²) in [5.41, 5.74) is 5.46. The number of aromatic nitrogens is 4. The summed E-state index contributed by atoms with van der Waals surface area (Å²) in [4.78, 5) is 13.6. The lowest BCUT2D eigenvalue weighted by atomic mass is 10.0. The summed E-state index contributed by atoms with van der Waals surface area (Å²) >= 11 is 0. The first kappa shape index (κ1) is 17.2. The van der Waals surface area contributed by atoms with Crippen molar-refractivity contribution in [3.05, 3.63) is 59.9 Å². The molecule has 8 heteroatoms. The first-order valence-electron chi connectivity index (χ1n) is 9.09. The van der Waals surface area contributed by atoms with Crippen LogP contribution in [0.3, 0.4) is 0 Å². The van der Waals surface area contributed by atoms with Crippen molar-refractivity contribution in [2.24, 2.45) is 4.99 Å². The van der Waals surface area contributed by atoms with E-state index in [0.717, 1.165) is 22.5 Å². The van der Waals surface area contributed by atoms with E-state index in [2.05, 4.69) is 31.4 Å². The van der Waals surface area contributed by atoms with Gasteiger partial charge in [0.1, 0.15) is 17.2 Å². The van der Waals surface area contributed by atoms with E-state index in [9.17, 15) is 0 Å². The molecule has 1 aliphatic heterocycles. The third-order valence-electron chi connectivity index (χ3n) is 4.80. The summed E-state index contributed by atoms with van der Waals surface area (Å²) in [5, 5.41) is 7.75. The monoisotopic (exact) mass is 386 g/mol. The van der Waals surface area contributed by atoms with Gasteiger partial charge < -0.3 is 14.8 Å². The highest BCUT2D eigenvalue weighted by Gasteiger charge is 2.17. The molecule has 1 aliphatic rings. The van der Waals surface area contributed by atoms with Gasteiger partial charge in [-0.2, -0.15) is 4.98 Å². The molecule has 2 aromatic heterocycles. The van der Waals surface area contributed by atoms with E-state index in [1.165, 1.54) is 5.56 Å². The zero-order chi connectivity index (χ0) is 19.8. The van der Waals surface area contributed by atoms with Crippen LogP contribution in [0.5, 0.6) is 11.5 Å². The zero-order valence-electron chi connectivity index (χ0n) is 16.0. The molecule has 2 aromatic carbocycles. The fraction of sp³-hybridized carbons (Fsp3) is 0.143. The Kier molecular flexibility index (Phi) is 4.09. The van der Waals surface area contributed by atoms with E-state index in [1.807, 2.05) is 36.5 Å². The second-order valence-corrected chi connectivity index (χ2v) is 6.55. The molecule has 0 bridgehead atoms. The molecule has 1 N–H and O–H groups in total. The van der Waals surface area contributed by atoms with Crippen molar-refractivity contribution < 1.29 is 9.47 Å². The van der Waals surface area contributed by atoms with Gasteiger partial charge in [0.15, 0.2) is 5.65 Å². The smallest absolute Gasteiger partial charge is 0.247 e. The van der Waals surface area contributed by atoms with Crippen molar-refractivity contribution in [3.8, 4) is 22.8 Å². The lowest BCUT2D eigenvalue weighted by molar-refractivity contribution is 0.395. The van der Waals surface area contributed by atoms with Gasteiger partial charge in [0, 0.05) is 53.6 Å². The molecule has 0 fully saturated rings. The molecule has 5 rings (SSSR count). The van der Waals surface area contributed by atoms with Crippen LogP contribution in [0, 0.1) is 0 Å². The molecule has 4 aromatic rings. The SMILES string of the molecule is COc1cc(Nc2nc3c(-c4cccc5c4C=NC5)nccn3n2)cc(OC)c1. The molecule has 0 unspecified atom stereocenters. The maximum absolute atomic E-state index is 5.33. The van der Waals surface area contributed by atoms with Gasteiger partial charge in [-0.25, -0.2) is 4.52 Å². The van der Waals surface area contributed by atoms with Crippen molar-refractivity contribution in [2.45, 2.75) is 6.54 Å². The summed E-state index contributed by atoms with van der Waals surface area (Å²) in [5.74, 6) is 1.81. The Morgan fingerprint density at radius 1 is 1.07 bits per heavy atom. The van der Waals surface area contributed by atoms with Crippen molar-refractivity contribution >= 4 is 23.5 Å². The van der Waals surface area contributed by atoms with E-state index in [4.69, 9.17) is 9.47 Å². The highest BCUT2D eigenvalue weighted by Crippen LogP contribution is 2.31. The Morgan fingerprint density at radius 2 is 1.90 bits per heavy atom. The summed E-state index contributed by atoms with van der Waals surface area (Å²) in [7, 11) is 3.22. The number of hydrogen-bond acceptors (Lipinski definition) is 7. The number of fused-ring (bicyclic) bond motifs is 2. The van der Waals surface area contributed by atoms with Crippen LogP contribution in [-0.4, -0.2) is 40.0 Å². The van der Waals surface area contributed by atoms with Gasteiger partial charge >= 0.3 is 0 Å². The Balaban J connectivity index is 1.57. The van der Waals surface area contributed by atoms with Crippen LogP contribution < -0.4 is 14.8 Å². The minimum atomic E-state index is 0.454. The van der Waals surface area contributed by atoms with E-state index < -0.39 is 0 Å². The average Bonchev–Trinajstić information content (AvgIpc) is 3.39. The first-order chi connectivity index (χ1) is 14.2. The normalized spacial score (nSPS) is 12.2. The Morgan fingerprint density at radius 3 is 2.69 bits per heavy atom. The second-order valence-electron chi connectivity index (χ2n) is 6.55. The minimum absolute atomic E-state index is 0.454. The summed E-state index contributed by atoms with van der Waals surface area (Å²) < 4.78 is 12.4. The molecule has 8 nitrogen and oxygen atoms in total. The van der Waals surface area contributed by atoms with Crippen LogP contribution >= 0.6 is 0 Å². The number of benzene rings is 2. The van der Waals surface area contributed by atoms with Crippen molar-refractivity contribution in [2.75, 3.05) is 19.5 Å². The van der Waals surface area contributed by atoms with E-state index >= 15 is 0 Å². The van der Waals surface area contributed by atoms with Gasteiger partial charge in [-0.1, -0.05) is 18.2 Å². The number of aliphatic imine (C=N–C) groups is 1. The van der Waals surface area contributed by atoms with Crippen molar-refractivity contribution in [3.63, 3.8) is 0 Å². The maximum Gasteiger partial charge on any atom is 0.247 e. The molecule has 0 saturated heterocycles. The molecule has 0 radical (unpaired) electrons. The van der Waals surface area contributed by atoms with Crippen LogP contribution in [0.15, 0.2) is 53.8 Å². The average molecular weight is 386 g/mol. The Labute approximate surface area is 166 Å². The van der Waals surface area contributed by atoms with Gasteiger partial charge in [-0.05, 0) is 5.56 Å². The highest BCUT2D eigenvalue weighted by molar-refractivity contribution is 5.95. The topological polar surface area (TPSA) is 85.9 Å². The van der Waals surface area contributed by atoms with Gasteiger partial charge in [0.2, 0.25) is 5.95 Å². The number of anilines is 2. The Bertz CT molecular complexity index is 1230. The van der Waals surface area contributed by atoms with Gasteiger partial charge in [0.05, 0.1) is 20.8 Å². The number of hydrogen-bond donors (Lipinski definition) is 1. The number of methoxy groups -OCH3 is 2. The van der Waals surface area contributed by atoms with Crippen LogP contribution in [0.4, 0.5) is 11.6 Å². The predicted octanol–water partition coefficient (Wildman–Crippen LogP) is 3.48. The van der Waals surface area contributed by atoms with E-state index in [1.54, 1.807) is 31.1 Å². The first-order valence-corrected chi connectivity index (χ1v) is 9.09. The number of ether oxygens (including phenoxy) is 2. The van der Waals surface area contributed by atoms with Crippen molar-refractivity contribution in [1.29, 1.82) is 0 Å². The molecule has 0 spiro atoms. The Hall–Kier alpha value is -3.94. The molecular weight excluding hydrogens is 368 g/mol. The number of nitrogens with one attached hydrogen (secondary N) is 1. The molecule has 0 aliphatic carbocycles. The van der Waals surface area contributed by atoms with E-state index in [-0.39, 0.29) is 0 Å². The van der Waals surface area contributed by atoms with Gasteiger partial charge in [-0.3, -0.25) is 9.98 Å². The van der Waals surface area contributed by atoms with E-state index in [0.29, 0.717) is 29.6 Å². The second kappa shape index (κ2) is 6.90. The maximum atomic E-state index is 5.33. The molecule has 0 saturated carbocycles. The van der Waals surface area contributed by atoms with Crippen LogP contribution in [0.2, 0.25) is 0 Å². The lowest BCUT2D eigenvalue weighted by Crippen LogP contribution is -1.96. The fourth-order valence-electron chi connectivity index (χ4n) is 3.41. The third-order valence-corrected chi connectivity index (χ3v) is 4.80. The molecule has 0 amide bonds. The standard InChI is InChI=1S/C21H18N6O2/c1-28-15-8-14(9-16(10-15)29-2)24-21-25-20-19(23-6-7-27(20)26-21)17-5-3-4-13-11-22-12-18(13)17/h3-10,12H,11H2,1-2H3,(H,24,26). The molecule has 29 heavy (non-hydrogen) atoms. The fourth-order valence-corrected chi connectivity index (χ4v) is 3.41. The van der Waals surface area contributed by atoms with Crippen LogP contribution in [0.25, 0.3) is 16.9 Å². The molecule has 3 heterocycles. The number of rotatable bonds is 5. The molecule has 144 valence electrons. The van der Waals surface area contributed by atoms with Crippen molar-refractivity contribution in [1.82, 2.24) is 19.6 Å². The van der Waals surface area contributed by atoms with Crippen LogP contribution in [-0.2, 0) is 6.54 Å². The minimum Gasteiger partial charge on any atom is -0.497 e. The molecule has 0 atom stereocenters. The van der Waals surface area contributed by atoms with Gasteiger partial charge in [0.25, 0.3) is 0 Å².